The van der Waals surface area contributed by atoms with Gasteiger partial charge in [-0.15, -0.1) is 0 Å². The Labute approximate surface area is 99.6 Å². The normalized spacial score (nSPS) is 15.2. The van der Waals surface area contributed by atoms with Crippen molar-refractivity contribution in [3.63, 3.8) is 0 Å². The van der Waals surface area contributed by atoms with Crippen molar-refractivity contribution >= 4 is 22.7 Å². The van der Waals surface area contributed by atoms with Crippen LogP contribution in [0, 0.1) is 0 Å². The van der Waals surface area contributed by atoms with Gasteiger partial charge in [-0.2, -0.15) is 0 Å². The van der Waals surface area contributed by atoms with E-state index in [1.807, 2.05) is 12.1 Å². The van der Waals surface area contributed by atoms with E-state index in [1.165, 1.54) is 0 Å². The number of fused-ring (bicyclic) bond motifs is 1. The Balaban J connectivity index is 2.54. The molecule has 2 aromatic rings. The number of hydrogen-bond donors (Lipinski definition) is 1. The fourth-order valence-electron chi connectivity index (χ4n) is 1.54. The quantitative estimate of drug-likeness (QED) is 0.894. The Morgan fingerprint density at radius 3 is 2.88 bits per heavy atom. The number of nitrogens with zero attached hydrogens (tertiary/aromatic N) is 1. The van der Waals surface area contributed by atoms with E-state index in [-0.39, 0.29) is 5.41 Å². The third kappa shape index (κ3) is 1.81. The first-order chi connectivity index (χ1) is 7.59. The molecule has 1 heterocycles. The molecule has 0 saturated carbocycles. The SMILES string of the molecule is CCC(C)(CN)c1nc2ccc(Cl)cc2o1. The van der Waals surface area contributed by atoms with Gasteiger partial charge in [0.25, 0.3) is 0 Å². The minimum atomic E-state index is -0.203. The Kier molecular flexibility index (Phi) is 2.91. The summed E-state index contributed by atoms with van der Waals surface area (Å²) in [4.78, 5) is 4.46. The lowest BCUT2D eigenvalue weighted by atomic mass is 9.88. The molecule has 0 saturated heterocycles. The van der Waals surface area contributed by atoms with Gasteiger partial charge in [0.15, 0.2) is 5.58 Å². The van der Waals surface area contributed by atoms with Crippen molar-refractivity contribution in [1.82, 2.24) is 4.98 Å². The molecule has 0 aliphatic rings. The van der Waals surface area contributed by atoms with E-state index in [9.17, 15) is 0 Å². The van der Waals surface area contributed by atoms with Gasteiger partial charge in [0.1, 0.15) is 5.52 Å². The van der Waals surface area contributed by atoms with Gasteiger partial charge >= 0.3 is 0 Å². The number of hydrogen-bond acceptors (Lipinski definition) is 3. The summed E-state index contributed by atoms with van der Waals surface area (Å²) in [7, 11) is 0. The van der Waals surface area contributed by atoms with Gasteiger partial charge in [0.05, 0.1) is 5.41 Å². The van der Waals surface area contributed by atoms with E-state index in [4.69, 9.17) is 21.8 Å². The lowest BCUT2D eigenvalue weighted by Crippen LogP contribution is -2.31. The minimum Gasteiger partial charge on any atom is -0.440 e. The summed E-state index contributed by atoms with van der Waals surface area (Å²) in [5.74, 6) is 0.690. The summed E-state index contributed by atoms with van der Waals surface area (Å²) in [5, 5.41) is 0.654. The van der Waals surface area contributed by atoms with Crippen LogP contribution in [0.5, 0.6) is 0 Å². The predicted octanol–water partition coefficient (Wildman–Crippen LogP) is 3.11. The van der Waals surface area contributed by atoms with E-state index in [1.54, 1.807) is 6.07 Å². The topological polar surface area (TPSA) is 52.0 Å². The van der Waals surface area contributed by atoms with Crippen molar-refractivity contribution < 1.29 is 4.42 Å². The maximum absolute atomic E-state index is 5.90. The average molecular weight is 239 g/mol. The molecule has 1 aromatic heterocycles. The standard InChI is InChI=1S/C12H15ClN2O/c1-3-12(2,7-14)11-15-9-5-4-8(13)6-10(9)16-11/h4-6H,3,7,14H2,1-2H3. The predicted molar refractivity (Wildman–Crippen MR) is 65.7 cm³/mol. The number of oxazole rings is 1. The second-order valence-corrected chi connectivity index (χ2v) is 4.69. The minimum absolute atomic E-state index is 0.203. The molecular formula is C12H15ClN2O. The van der Waals surface area contributed by atoms with Gasteiger partial charge in [-0.05, 0) is 25.5 Å². The highest BCUT2D eigenvalue weighted by atomic mass is 35.5. The van der Waals surface area contributed by atoms with E-state index in [0.29, 0.717) is 17.5 Å². The number of aromatic nitrogens is 1. The molecule has 16 heavy (non-hydrogen) atoms. The molecule has 2 N–H and O–H groups in total. The Hall–Kier alpha value is -1.06. The van der Waals surface area contributed by atoms with Gasteiger partial charge in [-0.3, -0.25) is 0 Å². The van der Waals surface area contributed by atoms with Crippen LogP contribution in [0.15, 0.2) is 22.6 Å². The van der Waals surface area contributed by atoms with E-state index >= 15 is 0 Å². The molecule has 1 atom stereocenters. The fourth-order valence-corrected chi connectivity index (χ4v) is 1.70. The number of halogens is 1. The van der Waals surface area contributed by atoms with Gasteiger partial charge in [0.2, 0.25) is 5.89 Å². The molecule has 0 radical (unpaired) electrons. The Morgan fingerprint density at radius 1 is 1.50 bits per heavy atom. The molecule has 1 unspecified atom stereocenters. The van der Waals surface area contributed by atoms with Crippen molar-refractivity contribution in [2.75, 3.05) is 6.54 Å². The highest BCUT2D eigenvalue weighted by molar-refractivity contribution is 6.31. The Morgan fingerprint density at radius 2 is 2.25 bits per heavy atom. The zero-order chi connectivity index (χ0) is 11.8. The van der Waals surface area contributed by atoms with Crippen molar-refractivity contribution in [3.05, 3.63) is 29.1 Å². The largest absolute Gasteiger partial charge is 0.440 e. The molecule has 86 valence electrons. The third-order valence-corrected chi connectivity index (χ3v) is 3.33. The van der Waals surface area contributed by atoms with Crippen LogP contribution in [0.3, 0.4) is 0 Å². The highest BCUT2D eigenvalue weighted by Gasteiger charge is 2.28. The van der Waals surface area contributed by atoms with Gasteiger partial charge in [0, 0.05) is 17.6 Å². The van der Waals surface area contributed by atoms with Crippen LogP contribution in [0.2, 0.25) is 5.02 Å². The van der Waals surface area contributed by atoms with E-state index in [0.717, 1.165) is 17.5 Å². The van der Waals surface area contributed by atoms with Gasteiger partial charge < -0.3 is 10.2 Å². The fraction of sp³-hybridized carbons (Fsp3) is 0.417. The Bertz CT molecular complexity index is 503. The molecule has 0 spiro atoms. The molecule has 0 fully saturated rings. The molecule has 2 rings (SSSR count). The van der Waals surface area contributed by atoms with Crippen molar-refractivity contribution in [2.45, 2.75) is 25.7 Å². The molecule has 0 aliphatic heterocycles. The first-order valence-corrected chi connectivity index (χ1v) is 5.73. The number of nitrogens with two attached hydrogens (primary N) is 1. The molecule has 3 nitrogen and oxygen atoms in total. The maximum Gasteiger partial charge on any atom is 0.202 e. The van der Waals surface area contributed by atoms with Crippen LogP contribution in [-0.4, -0.2) is 11.5 Å². The second kappa shape index (κ2) is 4.07. The second-order valence-electron chi connectivity index (χ2n) is 4.25. The van der Waals surface area contributed by atoms with Crippen LogP contribution in [0.1, 0.15) is 26.2 Å². The van der Waals surface area contributed by atoms with E-state index in [2.05, 4.69) is 18.8 Å². The number of benzene rings is 1. The summed E-state index contributed by atoms with van der Waals surface area (Å²) in [6, 6.07) is 5.44. The molecule has 1 aromatic carbocycles. The van der Waals surface area contributed by atoms with Crippen LogP contribution < -0.4 is 5.73 Å². The van der Waals surface area contributed by atoms with Crippen molar-refractivity contribution in [3.8, 4) is 0 Å². The van der Waals surface area contributed by atoms with E-state index < -0.39 is 0 Å². The molecule has 0 amide bonds. The lowest BCUT2D eigenvalue weighted by Gasteiger charge is -2.21. The van der Waals surface area contributed by atoms with Crippen LogP contribution >= 0.6 is 11.6 Å². The third-order valence-electron chi connectivity index (χ3n) is 3.10. The summed E-state index contributed by atoms with van der Waals surface area (Å²) in [6.45, 7) is 4.65. The first kappa shape index (κ1) is 11.4. The lowest BCUT2D eigenvalue weighted by molar-refractivity contribution is 0.354. The molecule has 4 heteroatoms. The van der Waals surface area contributed by atoms with Crippen LogP contribution in [-0.2, 0) is 5.41 Å². The maximum atomic E-state index is 5.90. The zero-order valence-corrected chi connectivity index (χ0v) is 10.2. The smallest absolute Gasteiger partial charge is 0.202 e. The number of rotatable bonds is 3. The monoisotopic (exact) mass is 238 g/mol. The summed E-state index contributed by atoms with van der Waals surface area (Å²) in [6.07, 6.45) is 0.893. The summed E-state index contributed by atoms with van der Waals surface area (Å²) >= 11 is 5.90. The van der Waals surface area contributed by atoms with Crippen molar-refractivity contribution in [1.29, 1.82) is 0 Å². The van der Waals surface area contributed by atoms with Crippen LogP contribution in [0.25, 0.3) is 11.1 Å². The first-order valence-electron chi connectivity index (χ1n) is 5.35. The van der Waals surface area contributed by atoms with Gasteiger partial charge in [-0.25, -0.2) is 4.98 Å². The average Bonchev–Trinajstić information content (AvgIpc) is 2.71. The zero-order valence-electron chi connectivity index (χ0n) is 9.46. The highest BCUT2D eigenvalue weighted by Crippen LogP contribution is 2.29. The van der Waals surface area contributed by atoms with Crippen molar-refractivity contribution in [2.24, 2.45) is 5.73 Å². The summed E-state index contributed by atoms with van der Waals surface area (Å²) < 4.78 is 5.72. The molecular weight excluding hydrogens is 224 g/mol. The molecule has 0 aliphatic carbocycles. The van der Waals surface area contributed by atoms with Crippen LogP contribution in [0.4, 0.5) is 0 Å². The van der Waals surface area contributed by atoms with Gasteiger partial charge in [-0.1, -0.05) is 18.5 Å². The summed E-state index contributed by atoms with van der Waals surface area (Å²) in [5.41, 5.74) is 7.12. The molecule has 0 bridgehead atoms.